The van der Waals surface area contributed by atoms with Gasteiger partial charge in [-0.2, -0.15) is 0 Å². The Balaban J connectivity index is 2.33. The Morgan fingerprint density at radius 3 is 3.00 bits per heavy atom. The molecule has 4 nitrogen and oxygen atoms in total. The number of unbranched alkanes of at least 4 members (excludes halogenated alkanes) is 1. The Kier molecular flexibility index (Phi) is 3.64. The number of carbonyl (C=O) groups is 1. The van der Waals surface area contributed by atoms with Crippen molar-refractivity contribution in [1.82, 2.24) is 0 Å². The molecule has 0 amide bonds. The number of methoxy groups -OCH3 is 1. The molecule has 1 aliphatic heterocycles. The van der Waals surface area contributed by atoms with Crippen molar-refractivity contribution in [2.75, 3.05) is 7.11 Å². The van der Waals surface area contributed by atoms with Gasteiger partial charge in [-0.05, 0) is 25.3 Å². The molecule has 2 rings (SSSR count). The molecule has 0 radical (unpaired) electrons. The highest BCUT2D eigenvalue weighted by molar-refractivity contribution is 5.96. The van der Waals surface area contributed by atoms with Crippen molar-refractivity contribution < 1.29 is 19.4 Å². The molecular formula is C13H18O4. The third kappa shape index (κ3) is 2.15. The third-order valence-electron chi connectivity index (χ3n) is 3.24. The van der Waals surface area contributed by atoms with Gasteiger partial charge < -0.3 is 14.6 Å². The lowest BCUT2D eigenvalue weighted by Crippen LogP contribution is -2.35. The minimum Gasteiger partial charge on any atom is -0.423 e. The first-order chi connectivity index (χ1) is 8.19. The molecule has 0 fully saturated rings. The van der Waals surface area contributed by atoms with Gasteiger partial charge in [-0.3, -0.25) is 0 Å². The van der Waals surface area contributed by atoms with Crippen molar-refractivity contribution in [2.45, 2.75) is 44.8 Å². The minimum atomic E-state index is -0.614. The first kappa shape index (κ1) is 12.3. The van der Waals surface area contributed by atoms with E-state index < -0.39 is 12.2 Å². The first-order valence-electron chi connectivity index (χ1n) is 6.05. The number of cyclic esters (lactones) is 1. The number of hydrogen-bond acceptors (Lipinski definition) is 4. The summed E-state index contributed by atoms with van der Waals surface area (Å²) in [6.07, 6.45) is 3.98. The molecule has 2 atom stereocenters. The van der Waals surface area contributed by atoms with E-state index in [1.54, 1.807) is 0 Å². The van der Waals surface area contributed by atoms with Crippen molar-refractivity contribution >= 4 is 5.97 Å². The maximum Gasteiger partial charge on any atom is 0.342 e. The number of hydrogen-bond donors (Lipinski definition) is 1. The predicted octanol–water partition coefficient (Wildman–Crippen LogP) is 1.69. The number of rotatable bonds is 3. The molecule has 0 bridgehead atoms. The van der Waals surface area contributed by atoms with Gasteiger partial charge in [-0.15, -0.1) is 0 Å². The average molecular weight is 238 g/mol. The zero-order chi connectivity index (χ0) is 12.4. The number of carbonyl (C=O) groups excluding carboxylic acids is 1. The van der Waals surface area contributed by atoms with Crippen LogP contribution in [-0.4, -0.2) is 30.4 Å². The van der Waals surface area contributed by atoms with E-state index in [4.69, 9.17) is 9.47 Å². The highest BCUT2D eigenvalue weighted by Crippen LogP contribution is 2.38. The number of aliphatic hydroxyl groups excluding tert-OH is 1. The van der Waals surface area contributed by atoms with Crippen LogP contribution >= 0.6 is 0 Å². The Morgan fingerprint density at radius 1 is 1.59 bits per heavy atom. The van der Waals surface area contributed by atoms with Gasteiger partial charge >= 0.3 is 5.97 Å². The normalized spacial score (nSPS) is 30.8. The quantitative estimate of drug-likeness (QED) is 0.760. The summed E-state index contributed by atoms with van der Waals surface area (Å²) in [4.78, 5) is 11.8. The Hall–Kier alpha value is -1.13. The smallest absolute Gasteiger partial charge is 0.342 e. The highest BCUT2D eigenvalue weighted by Gasteiger charge is 2.41. The zero-order valence-electron chi connectivity index (χ0n) is 10.2. The SMILES string of the molecule is CCC/C=C1/OC(=O)C2=C1CC[C@@H](O)[C@@H]2OC. The van der Waals surface area contributed by atoms with E-state index >= 15 is 0 Å². The molecule has 0 spiro atoms. The van der Waals surface area contributed by atoms with Crippen molar-refractivity contribution in [2.24, 2.45) is 0 Å². The molecule has 4 heteroatoms. The van der Waals surface area contributed by atoms with Crippen molar-refractivity contribution in [3.05, 3.63) is 23.0 Å². The van der Waals surface area contributed by atoms with Gasteiger partial charge in [0.15, 0.2) is 0 Å². The number of allylic oxidation sites excluding steroid dienone is 2. The molecular weight excluding hydrogens is 220 g/mol. The Labute approximate surface area is 101 Å². The molecule has 0 aromatic carbocycles. The van der Waals surface area contributed by atoms with Crippen LogP contribution < -0.4 is 0 Å². The van der Waals surface area contributed by atoms with E-state index in [1.165, 1.54) is 7.11 Å². The summed E-state index contributed by atoms with van der Waals surface area (Å²) in [5, 5.41) is 9.81. The third-order valence-corrected chi connectivity index (χ3v) is 3.24. The fourth-order valence-corrected chi connectivity index (χ4v) is 2.37. The fourth-order valence-electron chi connectivity index (χ4n) is 2.37. The molecule has 94 valence electrons. The van der Waals surface area contributed by atoms with Crippen LogP contribution in [0.3, 0.4) is 0 Å². The largest absolute Gasteiger partial charge is 0.423 e. The van der Waals surface area contributed by atoms with Crippen molar-refractivity contribution in [1.29, 1.82) is 0 Å². The average Bonchev–Trinajstić information content (AvgIpc) is 2.64. The van der Waals surface area contributed by atoms with Crippen LogP contribution in [0.2, 0.25) is 0 Å². The predicted molar refractivity (Wildman–Crippen MR) is 62.1 cm³/mol. The fraction of sp³-hybridized carbons (Fsp3) is 0.615. The van der Waals surface area contributed by atoms with E-state index in [0.717, 1.165) is 18.4 Å². The van der Waals surface area contributed by atoms with E-state index in [-0.39, 0.29) is 5.97 Å². The Morgan fingerprint density at radius 2 is 2.35 bits per heavy atom. The maximum atomic E-state index is 11.8. The summed E-state index contributed by atoms with van der Waals surface area (Å²) in [6.45, 7) is 2.08. The van der Waals surface area contributed by atoms with Gasteiger partial charge in [-0.25, -0.2) is 4.79 Å². The second-order valence-corrected chi connectivity index (χ2v) is 4.40. The summed E-state index contributed by atoms with van der Waals surface area (Å²) < 4.78 is 10.5. The topological polar surface area (TPSA) is 55.8 Å². The lowest BCUT2D eigenvalue weighted by molar-refractivity contribution is -0.135. The summed E-state index contributed by atoms with van der Waals surface area (Å²) in [5.74, 6) is 0.300. The molecule has 0 aromatic rings. The molecule has 1 heterocycles. The summed E-state index contributed by atoms with van der Waals surface area (Å²) in [6, 6.07) is 0. The van der Waals surface area contributed by atoms with Gasteiger partial charge in [0.2, 0.25) is 0 Å². The van der Waals surface area contributed by atoms with Crippen LogP contribution in [0.4, 0.5) is 0 Å². The molecule has 0 unspecified atom stereocenters. The van der Waals surface area contributed by atoms with E-state index in [0.29, 0.717) is 24.2 Å². The molecule has 17 heavy (non-hydrogen) atoms. The van der Waals surface area contributed by atoms with E-state index in [9.17, 15) is 9.90 Å². The van der Waals surface area contributed by atoms with Gasteiger partial charge in [0, 0.05) is 12.7 Å². The lowest BCUT2D eigenvalue weighted by Gasteiger charge is -2.26. The summed E-state index contributed by atoms with van der Waals surface area (Å²) >= 11 is 0. The van der Waals surface area contributed by atoms with Crippen molar-refractivity contribution in [3.63, 3.8) is 0 Å². The van der Waals surface area contributed by atoms with E-state index in [2.05, 4.69) is 6.92 Å². The van der Waals surface area contributed by atoms with Crippen LogP contribution in [0.25, 0.3) is 0 Å². The molecule has 1 aliphatic carbocycles. The number of ether oxygens (including phenoxy) is 2. The van der Waals surface area contributed by atoms with Crippen LogP contribution in [0.5, 0.6) is 0 Å². The molecule has 0 saturated heterocycles. The van der Waals surface area contributed by atoms with Crippen LogP contribution in [0.15, 0.2) is 23.0 Å². The molecule has 0 aromatic heterocycles. The highest BCUT2D eigenvalue weighted by atomic mass is 16.5. The van der Waals surface area contributed by atoms with Gasteiger partial charge in [0.1, 0.15) is 11.9 Å². The second-order valence-electron chi connectivity index (χ2n) is 4.40. The first-order valence-corrected chi connectivity index (χ1v) is 6.05. The molecule has 0 saturated carbocycles. The second kappa shape index (κ2) is 5.02. The van der Waals surface area contributed by atoms with E-state index in [1.807, 2.05) is 6.08 Å². The van der Waals surface area contributed by atoms with Gasteiger partial charge in [0.25, 0.3) is 0 Å². The van der Waals surface area contributed by atoms with Crippen LogP contribution in [-0.2, 0) is 14.3 Å². The standard InChI is InChI=1S/C13H18O4/c1-3-4-5-10-8-6-7-9(14)12(16-2)11(8)13(15)17-10/h5,9,12,14H,3-4,6-7H2,1-2H3/b10-5+/t9-,12+/m1/s1. The molecule has 1 N–H and O–H groups in total. The summed E-state index contributed by atoms with van der Waals surface area (Å²) in [7, 11) is 1.50. The van der Waals surface area contributed by atoms with Crippen molar-refractivity contribution in [3.8, 4) is 0 Å². The number of aliphatic hydroxyl groups is 1. The zero-order valence-corrected chi connectivity index (χ0v) is 10.2. The monoisotopic (exact) mass is 238 g/mol. The Bertz CT molecular complexity index is 381. The maximum absolute atomic E-state index is 11.8. The van der Waals surface area contributed by atoms with Gasteiger partial charge in [-0.1, -0.05) is 13.3 Å². The lowest BCUT2D eigenvalue weighted by atomic mass is 9.87. The minimum absolute atomic E-state index is 0.368. The van der Waals surface area contributed by atoms with Crippen LogP contribution in [0.1, 0.15) is 32.6 Å². The molecule has 2 aliphatic rings. The number of esters is 1. The van der Waals surface area contributed by atoms with Gasteiger partial charge in [0.05, 0.1) is 11.7 Å². The van der Waals surface area contributed by atoms with Crippen LogP contribution in [0, 0.1) is 0 Å². The summed E-state index contributed by atoms with van der Waals surface area (Å²) in [5.41, 5.74) is 1.43.